The highest BCUT2D eigenvalue weighted by molar-refractivity contribution is 6.13. The molecule has 0 bridgehead atoms. The van der Waals surface area contributed by atoms with Crippen molar-refractivity contribution < 1.29 is 20.9 Å². The molecule has 0 saturated carbocycles. The van der Waals surface area contributed by atoms with Crippen LogP contribution in [0.3, 0.4) is 0 Å². The summed E-state index contributed by atoms with van der Waals surface area (Å²) in [4.78, 5) is 14.5. The normalized spacial score (nSPS) is 15.0. The molecule has 5 nitrogen and oxygen atoms in total. The van der Waals surface area contributed by atoms with Crippen molar-refractivity contribution in [2.45, 2.75) is 0 Å². The molecule has 0 aliphatic carbocycles. The Hall–Kier alpha value is -6.85. The molecule has 5 heteroatoms. The van der Waals surface area contributed by atoms with E-state index in [1.54, 1.807) is 30.3 Å². The van der Waals surface area contributed by atoms with Gasteiger partial charge in [0, 0.05) is 32.7 Å². The fourth-order valence-corrected chi connectivity index (χ4v) is 6.35. The highest BCUT2D eigenvalue weighted by Gasteiger charge is 2.19. The molecule has 10 aromatic rings. The van der Waals surface area contributed by atoms with E-state index in [1.165, 1.54) is 4.57 Å². The van der Waals surface area contributed by atoms with Crippen LogP contribution in [0, 0.1) is 0 Å². The molecule has 10 rings (SSSR count). The van der Waals surface area contributed by atoms with E-state index in [0.29, 0.717) is 22.3 Å². The van der Waals surface area contributed by atoms with Gasteiger partial charge < -0.3 is 4.42 Å². The van der Waals surface area contributed by atoms with Gasteiger partial charge in [-0.3, -0.25) is 4.57 Å². The maximum absolute atomic E-state index is 9.53. The van der Waals surface area contributed by atoms with Gasteiger partial charge in [-0.15, -0.1) is 0 Å². The highest BCUT2D eigenvalue weighted by Crippen LogP contribution is 2.39. The Labute approximate surface area is 304 Å². The molecule has 0 atom stereocenters. The van der Waals surface area contributed by atoms with E-state index < -0.39 is 83.6 Å². The quantitative estimate of drug-likeness (QED) is 0.186. The van der Waals surface area contributed by atoms with E-state index in [0.717, 1.165) is 21.9 Å². The number of hydrogen-bond acceptors (Lipinski definition) is 4. The first kappa shape index (κ1) is 18.6. The van der Waals surface area contributed by atoms with Crippen molar-refractivity contribution in [3.63, 3.8) is 0 Å². The molecule has 0 saturated heterocycles. The van der Waals surface area contributed by atoms with Crippen molar-refractivity contribution in [1.29, 1.82) is 0 Å². The fourth-order valence-electron chi connectivity index (χ4n) is 6.35. The Balaban J connectivity index is 1.30. The van der Waals surface area contributed by atoms with Crippen LogP contribution in [0.25, 0.3) is 94.7 Å². The first-order valence-corrected chi connectivity index (χ1v) is 15.7. The predicted molar refractivity (Wildman–Crippen MR) is 203 cm³/mol. The van der Waals surface area contributed by atoms with E-state index in [4.69, 9.17) is 30.3 Å². The van der Waals surface area contributed by atoms with Gasteiger partial charge in [-0.25, -0.2) is 4.98 Å². The summed E-state index contributed by atoms with van der Waals surface area (Å²) in [5, 5.41) is 1.33. The van der Waals surface area contributed by atoms with Crippen molar-refractivity contribution in [2.75, 3.05) is 0 Å². The van der Waals surface area contributed by atoms with E-state index in [9.17, 15) is 5.48 Å². The molecular weight excluding hydrogens is 613 g/mol. The monoisotopic (exact) mass is 652 g/mol. The van der Waals surface area contributed by atoms with Gasteiger partial charge in [0.15, 0.2) is 11.6 Å². The number of nitrogens with zero attached hydrogens (tertiary/aromatic N) is 4. The molecule has 3 heterocycles. The highest BCUT2D eigenvalue weighted by atomic mass is 16.3. The minimum absolute atomic E-state index is 0.134. The lowest BCUT2D eigenvalue weighted by Crippen LogP contribution is -2.06. The number of fused-ring (bicyclic) bond motifs is 6. The second kappa shape index (κ2) is 11.4. The van der Waals surface area contributed by atoms with Gasteiger partial charge in [0.05, 0.1) is 27.5 Å². The summed E-state index contributed by atoms with van der Waals surface area (Å²) in [6.07, 6.45) is 0. The number of para-hydroxylation sites is 1. The van der Waals surface area contributed by atoms with Gasteiger partial charge in [0.1, 0.15) is 11.2 Å². The van der Waals surface area contributed by atoms with E-state index in [-0.39, 0.29) is 39.4 Å². The summed E-state index contributed by atoms with van der Waals surface area (Å²) in [5.74, 6) is 0.101. The number of rotatable bonds is 5. The van der Waals surface area contributed by atoms with Gasteiger partial charge in [-0.1, -0.05) is 133 Å². The Bertz CT molecular complexity index is 3530. The second-order valence-electron chi connectivity index (χ2n) is 11.5. The molecule has 0 N–H and O–H groups in total. The smallest absolute Gasteiger partial charge is 0.238 e. The third-order valence-electron chi connectivity index (χ3n) is 8.60. The van der Waals surface area contributed by atoms with Crippen molar-refractivity contribution in [2.24, 2.45) is 0 Å². The summed E-state index contributed by atoms with van der Waals surface area (Å²) >= 11 is 0. The largest absolute Gasteiger partial charge is 0.456 e. The lowest BCUT2D eigenvalue weighted by molar-refractivity contribution is 0.669. The SMILES string of the molecule is [2H]c1c([2H])c([2H])c(-c2c([2H])c([2H])c3c(c2[2H])c2c([2H])c([2H])c([2H])c([2H])c2n3-c2nc(-c3ccccc3)nc(-c3ccc4c(c3)oc3cccc(-c5ccccc5)c34)n2)c([2H])c1[2H]. The Kier molecular flexibility index (Phi) is 4.24. The summed E-state index contributed by atoms with van der Waals surface area (Å²) in [7, 11) is 0. The van der Waals surface area contributed by atoms with Crippen LogP contribution in [0.15, 0.2) is 174 Å². The van der Waals surface area contributed by atoms with Crippen molar-refractivity contribution >= 4 is 43.7 Å². The zero-order valence-corrected chi connectivity index (χ0v) is 25.9. The first-order chi connectivity index (χ1) is 29.8. The number of furan rings is 1. The maximum Gasteiger partial charge on any atom is 0.238 e. The topological polar surface area (TPSA) is 56.7 Å². The Morgan fingerprint density at radius 1 is 0.480 bits per heavy atom. The first-order valence-electron chi connectivity index (χ1n) is 21.7. The molecule has 3 aromatic heterocycles. The van der Waals surface area contributed by atoms with Crippen LogP contribution >= 0.6 is 0 Å². The van der Waals surface area contributed by atoms with Crippen LogP contribution in [0.2, 0.25) is 0 Å². The minimum atomic E-state index is -0.709. The van der Waals surface area contributed by atoms with Gasteiger partial charge >= 0.3 is 0 Å². The van der Waals surface area contributed by atoms with Crippen LogP contribution in [0.1, 0.15) is 16.4 Å². The number of hydrogen-bond donors (Lipinski definition) is 0. The van der Waals surface area contributed by atoms with Gasteiger partial charge in [-0.2, -0.15) is 9.97 Å². The van der Waals surface area contributed by atoms with Gasteiger partial charge in [0.25, 0.3) is 0 Å². The van der Waals surface area contributed by atoms with Gasteiger partial charge in [-0.05, 0) is 58.6 Å². The third kappa shape index (κ3) is 4.60. The van der Waals surface area contributed by atoms with E-state index in [2.05, 4.69) is 0 Å². The number of benzene rings is 7. The maximum atomic E-state index is 9.53. The molecule has 0 aliphatic rings. The molecule has 0 unspecified atom stereocenters. The average Bonchev–Trinajstić information content (AvgIpc) is 3.86. The Morgan fingerprint density at radius 3 is 2.02 bits per heavy atom. The molecule has 234 valence electrons. The minimum Gasteiger partial charge on any atom is -0.456 e. The van der Waals surface area contributed by atoms with E-state index >= 15 is 0 Å². The Morgan fingerprint density at radius 2 is 1.20 bits per heavy atom. The number of aromatic nitrogens is 4. The average molecular weight is 653 g/mol. The standard InChI is InChI=1S/C45H28N4O/c1-4-13-29(14-5-1)32-24-26-39-37(27-32)35-19-10-11-21-38(35)49(39)45-47-43(31-17-8-3-9-18-31)46-44(48-45)33-23-25-36-41(28-33)50-40-22-12-20-34(42(36)40)30-15-6-2-7-16-30/h1-28H/i1D,4D,5D,10D,11D,13D,14D,19D,21D,24D,26D,27D. The summed E-state index contributed by atoms with van der Waals surface area (Å²) in [6, 6.07) is 22.6. The predicted octanol–water partition coefficient (Wildman–Crippen LogP) is 11.5. The molecule has 0 fully saturated rings. The molecule has 0 amide bonds. The zero-order valence-electron chi connectivity index (χ0n) is 37.9. The van der Waals surface area contributed by atoms with Crippen molar-refractivity contribution in [3.05, 3.63) is 170 Å². The lowest BCUT2D eigenvalue weighted by atomic mass is 9.99. The van der Waals surface area contributed by atoms with Crippen LogP contribution in [0.5, 0.6) is 0 Å². The fraction of sp³-hybridized carbons (Fsp3) is 0. The molecular formula is C45H28N4O. The van der Waals surface area contributed by atoms with Gasteiger partial charge in [0.2, 0.25) is 5.95 Å². The van der Waals surface area contributed by atoms with Crippen molar-refractivity contribution in [1.82, 2.24) is 19.5 Å². The molecule has 0 spiro atoms. The van der Waals surface area contributed by atoms with Crippen molar-refractivity contribution in [3.8, 4) is 51.0 Å². The van der Waals surface area contributed by atoms with E-state index in [1.807, 2.05) is 66.7 Å². The summed E-state index contributed by atoms with van der Waals surface area (Å²) in [5.41, 5.74) is 2.89. The summed E-state index contributed by atoms with van der Waals surface area (Å²) in [6.45, 7) is 0. The van der Waals surface area contributed by atoms with Crippen LogP contribution < -0.4 is 0 Å². The molecule has 0 radical (unpaired) electrons. The molecule has 0 aliphatic heterocycles. The molecule has 50 heavy (non-hydrogen) atoms. The third-order valence-corrected chi connectivity index (χ3v) is 8.60. The second-order valence-corrected chi connectivity index (χ2v) is 11.5. The van der Waals surface area contributed by atoms with Crippen LogP contribution in [-0.4, -0.2) is 19.5 Å². The van der Waals surface area contributed by atoms with Crippen LogP contribution in [-0.2, 0) is 0 Å². The van der Waals surface area contributed by atoms with Crippen LogP contribution in [0.4, 0.5) is 0 Å². The molecule has 7 aromatic carbocycles. The lowest BCUT2D eigenvalue weighted by Gasteiger charge is -2.11. The zero-order chi connectivity index (χ0) is 43.5. The summed E-state index contributed by atoms with van der Waals surface area (Å²) < 4.78 is 113.